The molecule has 1 aliphatic heterocycles. The molecule has 3 rings (SSSR count). The van der Waals surface area contributed by atoms with Crippen LogP contribution in [0, 0.1) is 0 Å². The highest BCUT2D eigenvalue weighted by Gasteiger charge is 2.23. The minimum absolute atomic E-state index is 0.0751. The molecule has 0 saturated carbocycles. The molecular weight excluding hydrogens is 246 g/mol. The molecule has 0 radical (unpaired) electrons. The summed E-state index contributed by atoms with van der Waals surface area (Å²) >= 11 is 6.17. The highest BCUT2D eigenvalue weighted by molar-refractivity contribution is 6.31. The second-order valence-corrected chi connectivity index (χ2v) is 4.55. The van der Waals surface area contributed by atoms with E-state index in [0.29, 0.717) is 12.4 Å². The quantitative estimate of drug-likeness (QED) is 0.801. The van der Waals surface area contributed by atoms with Gasteiger partial charge in [-0.15, -0.1) is 0 Å². The Morgan fingerprint density at radius 3 is 2.50 bits per heavy atom. The first-order valence-corrected chi connectivity index (χ1v) is 6.23. The van der Waals surface area contributed by atoms with E-state index in [-0.39, 0.29) is 6.10 Å². The summed E-state index contributed by atoms with van der Waals surface area (Å²) in [6.07, 6.45) is -0.0751. The van der Waals surface area contributed by atoms with Crippen molar-refractivity contribution >= 4 is 17.5 Å². The molecule has 1 aliphatic rings. The fraction of sp³-hybridized carbons (Fsp3) is 0.133. The van der Waals surface area contributed by atoms with E-state index >= 15 is 0 Å². The van der Waals surface area contributed by atoms with Crippen LogP contribution in [-0.4, -0.2) is 12.4 Å². The van der Waals surface area contributed by atoms with E-state index in [9.17, 15) is 0 Å². The normalized spacial score (nSPS) is 18.3. The number of hydrogen-bond donors (Lipinski definition) is 0. The molecule has 0 bridgehead atoms. The topological polar surface area (TPSA) is 21.6 Å². The number of hydrogen-bond acceptors (Lipinski definition) is 2. The van der Waals surface area contributed by atoms with Crippen LogP contribution in [0.3, 0.4) is 0 Å². The fourth-order valence-corrected chi connectivity index (χ4v) is 2.27. The fourth-order valence-electron chi connectivity index (χ4n) is 2.01. The Bertz CT molecular complexity index is 580. The average Bonchev–Trinajstić information content (AvgIpc) is 2.90. The summed E-state index contributed by atoms with van der Waals surface area (Å²) < 4.78 is 5.88. The van der Waals surface area contributed by atoms with Crippen LogP contribution in [0.25, 0.3) is 0 Å². The number of ether oxygens (including phenoxy) is 1. The predicted molar refractivity (Wildman–Crippen MR) is 73.1 cm³/mol. The number of rotatable bonds is 2. The van der Waals surface area contributed by atoms with Crippen LogP contribution in [0.2, 0.25) is 5.02 Å². The van der Waals surface area contributed by atoms with Gasteiger partial charge in [-0.25, -0.2) is 4.99 Å². The zero-order chi connectivity index (χ0) is 12.4. The minimum Gasteiger partial charge on any atom is -0.467 e. The molecule has 0 fully saturated rings. The van der Waals surface area contributed by atoms with E-state index in [2.05, 4.69) is 4.99 Å². The minimum atomic E-state index is -0.0751. The standard InChI is InChI=1S/C15H12ClNO/c16-13-9-5-4-8-12(13)14-10-17-15(18-14)11-6-2-1-3-7-11/h1-9,14H,10H2. The van der Waals surface area contributed by atoms with E-state index in [1.165, 1.54) is 0 Å². The molecule has 1 atom stereocenters. The van der Waals surface area contributed by atoms with Crippen molar-refractivity contribution in [3.05, 3.63) is 70.7 Å². The van der Waals surface area contributed by atoms with E-state index < -0.39 is 0 Å². The third-order valence-corrected chi connectivity index (χ3v) is 3.27. The summed E-state index contributed by atoms with van der Waals surface area (Å²) in [6, 6.07) is 17.7. The second kappa shape index (κ2) is 4.83. The van der Waals surface area contributed by atoms with Gasteiger partial charge in [-0.2, -0.15) is 0 Å². The Kier molecular flexibility index (Phi) is 3.03. The van der Waals surface area contributed by atoms with Crippen molar-refractivity contribution in [3.8, 4) is 0 Å². The van der Waals surface area contributed by atoms with Gasteiger partial charge in [0.25, 0.3) is 0 Å². The summed E-state index contributed by atoms with van der Waals surface area (Å²) in [5.74, 6) is 0.695. The molecule has 0 spiro atoms. The van der Waals surface area contributed by atoms with Crippen molar-refractivity contribution in [1.82, 2.24) is 0 Å². The van der Waals surface area contributed by atoms with E-state index in [1.54, 1.807) is 0 Å². The van der Waals surface area contributed by atoms with Crippen LogP contribution in [-0.2, 0) is 4.74 Å². The van der Waals surface area contributed by atoms with Crippen molar-refractivity contribution in [2.24, 2.45) is 4.99 Å². The molecular formula is C15H12ClNO. The molecule has 3 heteroatoms. The molecule has 0 N–H and O–H groups in total. The van der Waals surface area contributed by atoms with Gasteiger partial charge in [0.15, 0.2) is 0 Å². The van der Waals surface area contributed by atoms with Crippen LogP contribution < -0.4 is 0 Å². The monoisotopic (exact) mass is 257 g/mol. The maximum Gasteiger partial charge on any atom is 0.216 e. The third kappa shape index (κ3) is 2.12. The Balaban J connectivity index is 1.81. The van der Waals surface area contributed by atoms with Crippen LogP contribution >= 0.6 is 11.6 Å². The highest BCUT2D eigenvalue weighted by Crippen LogP contribution is 2.30. The number of nitrogens with zero attached hydrogens (tertiary/aromatic N) is 1. The van der Waals surface area contributed by atoms with Gasteiger partial charge in [0.2, 0.25) is 5.90 Å². The lowest BCUT2D eigenvalue weighted by atomic mass is 10.1. The predicted octanol–water partition coefficient (Wildman–Crippen LogP) is 3.86. The van der Waals surface area contributed by atoms with Gasteiger partial charge in [0, 0.05) is 16.1 Å². The van der Waals surface area contributed by atoms with Crippen LogP contribution in [0.1, 0.15) is 17.2 Å². The largest absolute Gasteiger partial charge is 0.467 e. The molecule has 1 unspecified atom stereocenters. The lowest BCUT2D eigenvalue weighted by molar-refractivity contribution is 0.230. The molecule has 0 amide bonds. The van der Waals surface area contributed by atoms with Gasteiger partial charge in [0.1, 0.15) is 6.10 Å². The zero-order valence-corrected chi connectivity index (χ0v) is 10.5. The number of halogens is 1. The van der Waals surface area contributed by atoms with Gasteiger partial charge in [-0.3, -0.25) is 0 Å². The Hall–Kier alpha value is -1.80. The lowest BCUT2D eigenvalue weighted by Gasteiger charge is -2.12. The Morgan fingerprint density at radius 2 is 1.72 bits per heavy atom. The third-order valence-electron chi connectivity index (χ3n) is 2.93. The summed E-state index contributed by atoms with van der Waals surface area (Å²) in [5.41, 5.74) is 2.00. The van der Waals surface area contributed by atoms with Crippen LogP contribution in [0.5, 0.6) is 0 Å². The van der Waals surface area contributed by atoms with Gasteiger partial charge in [0.05, 0.1) is 6.54 Å². The molecule has 2 aromatic carbocycles. The van der Waals surface area contributed by atoms with Crippen molar-refractivity contribution < 1.29 is 4.74 Å². The first kappa shape index (κ1) is 11.3. The highest BCUT2D eigenvalue weighted by atomic mass is 35.5. The average molecular weight is 258 g/mol. The van der Waals surface area contributed by atoms with Gasteiger partial charge in [-0.05, 0) is 18.2 Å². The summed E-state index contributed by atoms with van der Waals surface area (Å²) in [4.78, 5) is 4.44. The van der Waals surface area contributed by atoms with Crippen LogP contribution in [0.4, 0.5) is 0 Å². The van der Waals surface area contributed by atoms with E-state index in [1.807, 2.05) is 54.6 Å². The molecule has 0 aliphatic carbocycles. The van der Waals surface area contributed by atoms with Crippen molar-refractivity contribution in [3.63, 3.8) is 0 Å². The molecule has 18 heavy (non-hydrogen) atoms. The molecule has 1 heterocycles. The maximum absolute atomic E-state index is 6.17. The summed E-state index contributed by atoms with van der Waals surface area (Å²) in [6.45, 7) is 0.619. The maximum atomic E-state index is 6.17. The van der Waals surface area contributed by atoms with Crippen LogP contribution in [0.15, 0.2) is 59.6 Å². The van der Waals surface area contributed by atoms with E-state index in [0.717, 1.165) is 16.1 Å². The SMILES string of the molecule is Clc1ccccc1C1CN=C(c2ccccc2)O1. The Morgan fingerprint density at radius 1 is 1.00 bits per heavy atom. The van der Waals surface area contributed by atoms with Gasteiger partial charge in [-0.1, -0.05) is 48.0 Å². The lowest BCUT2D eigenvalue weighted by Crippen LogP contribution is -2.06. The molecule has 0 aromatic heterocycles. The molecule has 90 valence electrons. The second-order valence-electron chi connectivity index (χ2n) is 4.14. The molecule has 2 aromatic rings. The van der Waals surface area contributed by atoms with Crippen molar-refractivity contribution in [2.75, 3.05) is 6.54 Å². The summed E-state index contributed by atoms with van der Waals surface area (Å²) in [7, 11) is 0. The molecule has 0 saturated heterocycles. The van der Waals surface area contributed by atoms with E-state index in [4.69, 9.17) is 16.3 Å². The first-order chi connectivity index (χ1) is 8.84. The van der Waals surface area contributed by atoms with Gasteiger partial charge >= 0.3 is 0 Å². The molecule has 2 nitrogen and oxygen atoms in total. The number of aliphatic imine (C=N–C) groups is 1. The number of benzene rings is 2. The van der Waals surface area contributed by atoms with Crippen molar-refractivity contribution in [1.29, 1.82) is 0 Å². The van der Waals surface area contributed by atoms with Gasteiger partial charge < -0.3 is 4.74 Å². The Labute approximate surface area is 111 Å². The smallest absolute Gasteiger partial charge is 0.216 e. The zero-order valence-electron chi connectivity index (χ0n) is 9.71. The first-order valence-electron chi connectivity index (χ1n) is 5.85. The van der Waals surface area contributed by atoms with Crippen molar-refractivity contribution in [2.45, 2.75) is 6.10 Å². The summed E-state index contributed by atoms with van der Waals surface area (Å²) in [5, 5.41) is 0.729.